The number of furan rings is 1. The quantitative estimate of drug-likeness (QED) is 0.591. The van der Waals surface area contributed by atoms with Gasteiger partial charge in [-0.25, -0.2) is 0 Å². The second kappa shape index (κ2) is 7.53. The van der Waals surface area contributed by atoms with Gasteiger partial charge in [0, 0.05) is 5.92 Å². The van der Waals surface area contributed by atoms with Crippen molar-refractivity contribution in [3.63, 3.8) is 0 Å². The molecule has 1 rings (SSSR count). The van der Waals surface area contributed by atoms with E-state index < -0.39 is 17.9 Å². The Balaban J connectivity index is 3.01. The smallest absolute Gasteiger partial charge is 0.320 e. The van der Waals surface area contributed by atoms with Crippen LogP contribution in [0.1, 0.15) is 19.6 Å². The first kappa shape index (κ1) is 16.0. The highest BCUT2D eigenvalue weighted by atomic mass is 16.5. The van der Waals surface area contributed by atoms with Gasteiger partial charge >= 0.3 is 11.9 Å². The summed E-state index contributed by atoms with van der Waals surface area (Å²) in [5, 5.41) is 0. The summed E-state index contributed by atoms with van der Waals surface area (Å²) in [6, 6.07) is 3.56. The van der Waals surface area contributed by atoms with Crippen LogP contribution >= 0.6 is 0 Å². The van der Waals surface area contributed by atoms with Gasteiger partial charge in [0.15, 0.2) is 5.92 Å². The first-order chi connectivity index (χ1) is 9.51. The van der Waals surface area contributed by atoms with Gasteiger partial charge in [-0.3, -0.25) is 9.59 Å². The first-order valence-electron chi connectivity index (χ1n) is 6.38. The third kappa shape index (κ3) is 3.98. The monoisotopic (exact) mass is 280 g/mol. The topological polar surface area (TPSA) is 65.7 Å². The normalized spacial score (nSPS) is 12.9. The van der Waals surface area contributed by atoms with Crippen molar-refractivity contribution in [2.75, 3.05) is 14.2 Å². The Kier molecular flexibility index (Phi) is 6.03. The lowest BCUT2D eigenvalue weighted by molar-refractivity contribution is -0.161. The number of hydrogen-bond donors (Lipinski definition) is 0. The number of hydrogen-bond acceptors (Lipinski definition) is 5. The molecule has 0 aliphatic rings. The highest BCUT2D eigenvalue weighted by molar-refractivity contribution is 5.95. The molecule has 0 saturated carbocycles. The van der Waals surface area contributed by atoms with Crippen molar-refractivity contribution in [3.05, 3.63) is 30.2 Å². The van der Waals surface area contributed by atoms with E-state index in [1.807, 2.05) is 13.8 Å². The summed E-state index contributed by atoms with van der Waals surface area (Å²) >= 11 is 0. The third-order valence-electron chi connectivity index (χ3n) is 3.09. The predicted molar refractivity (Wildman–Crippen MR) is 73.6 cm³/mol. The van der Waals surface area contributed by atoms with Gasteiger partial charge in [-0.15, -0.1) is 0 Å². The molecule has 5 heteroatoms. The maximum Gasteiger partial charge on any atom is 0.320 e. The van der Waals surface area contributed by atoms with E-state index in [2.05, 4.69) is 0 Å². The maximum atomic E-state index is 11.8. The molecule has 20 heavy (non-hydrogen) atoms. The van der Waals surface area contributed by atoms with E-state index in [-0.39, 0.29) is 11.8 Å². The average molecular weight is 280 g/mol. The van der Waals surface area contributed by atoms with Gasteiger partial charge in [-0.2, -0.15) is 0 Å². The van der Waals surface area contributed by atoms with E-state index in [4.69, 9.17) is 13.9 Å². The number of esters is 2. The zero-order chi connectivity index (χ0) is 15.1. The molecular formula is C15H20O5. The van der Waals surface area contributed by atoms with Gasteiger partial charge < -0.3 is 13.9 Å². The zero-order valence-corrected chi connectivity index (χ0v) is 12.2. The molecule has 0 aromatic carbocycles. The van der Waals surface area contributed by atoms with E-state index >= 15 is 0 Å². The summed E-state index contributed by atoms with van der Waals surface area (Å²) in [5.41, 5.74) is 0. The SMILES string of the molecule is COC(=O)C(C(=O)OC)[C@H](/C=C/c1ccco1)C(C)C. The van der Waals surface area contributed by atoms with Crippen molar-refractivity contribution in [2.45, 2.75) is 13.8 Å². The molecule has 1 heterocycles. The molecule has 0 saturated heterocycles. The average Bonchev–Trinajstić information content (AvgIpc) is 2.94. The molecule has 0 spiro atoms. The molecule has 5 nitrogen and oxygen atoms in total. The molecule has 110 valence electrons. The summed E-state index contributed by atoms with van der Waals surface area (Å²) in [4.78, 5) is 23.7. The predicted octanol–water partition coefficient (Wildman–Crippen LogP) is 2.53. The Morgan fingerprint density at radius 2 is 1.80 bits per heavy atom. The minimum atomic E-state index is -0.976. The second-order valence-electron chi connectivity index (χ2n) is 4.72. The van der Waals surface area contributed by atoms with E-state index in [1.54, 1.807) is 30.5 Å². The number of methoxy groups -OCH3 is 2. The Morgan fingerprint density at radius 1 is 1.20 bits per heavy atom. The van der Waals surface area contributed by atoms with E-state index in [9.17, 15) is 9.59 Å². The summed E-state index contributed by atoms with van der Waals surface area (Å²) in [5.74, 6) is -1.79. The highest BCUT2D eigenvalue weighted by Crippen LogP contribution is 2.26. The highest BCUT2D eigenvalue weighted by Gasteiger charge is 2.37. The number of ether oxygens (including phenoxy) is 2. The van der Waals surface area contributed by atoms with Crippen molar-refractivity contribution in [3.8, 4) is 0 Å². The molecule has 0 radical (unpaired) electrons. The molecule has 0 amide bonds. The van der Waals surface area contributed by atoms with E-state index in [0.717, 1.165) is 0 Å². The molecule has 1 aromatic rings. The van der Waals surface area contributed by atoms with Crippen molar-refractivity contribution in [1.82, 2.24) is 0 Å². The van der Waals surface area contributed by atoms with E-state index in [0.29, 0.717) is 5.76 Å². The van der Waals surface area contributed by atoms with Gasteiger partial charge in [0.1, 0.15) is 5.76 Å². The Labute approximate surface area is 118 Å². The summed E-state index contributed by atoms with van der Waals surface area (Å²) in [6.45, 7) is 3.85. The van der Waals surface area contributed by atoms with Gasteiger partial charge in [0.05, 0.1) is 20.5 Å². The Hall–Kier alpha value is -2.04. The molecule has 1 aromatic heterocycles. The van der Waals surface area contributed by atoms with Crippen molar-refractivity contribution in [1.29, 1.82) is 0 Å². The minimum Gasteiger partial charge on any atom is -0.468 e. The van der Waals surface area contributed by atoms with Gasteiger partial charge in [-0.1, -0.05) is 19.9 Å². The first-order valence-corrected chi connectivity index (χ1v) is 6.38. The van der Waals surface area contributed by atoms with Gasteiger partial charge in [-0.05, 0) is 24.1 Å². The third-order valence-corrected chi connectivity index (χ3v) is 3.09. The molecule has 0 unspecified atom stereocenters. The fourth-order valence-corrected chi connectivity index (χ4v) is 1.97. The number of rotatable bonds is 6. The second-order valence-corrected chi connectivity index (χ2v) is 4.72. The molecule has 0 aliphatic heterocycles. The van der Waals surface area contributed by atoms with Gasteiger partial charge in [0.2, 0.25) is 0 Å². The van der Waals surface area contributed by atoms with Gasteiger partial charge in [0.25, 0.3) is 0 Å². The molecule has 0 N–H and O–H groups in total. The molecule has 0 aliphatic carbocycles. The Bertz CT molecular complexity index is 443. The van der Waals surface area contributed by atoms with Crippen LogP contribution in [0.15, 0.2) is 28.9 Å². The van der Waals surface area contributed by atoms with Crippen LogP contribution in [0.2, 0.25) is 0 Å². The van der Waals surface area contributed by atoms with E-state index in [1.165, 1.54) is 14.2 Å². The molecule has 0 fully saturated rings. The standard InChI is InChI=1S/C15H20O5/c1-10(2)12(8-7-11-6-5-9-20-11)13(14(16)18-3)15(17)19-4/h5-10,12-13H,1-4H3/b8-7+/t12-/m1/s1. The summed E-state index contributed by atoms with van der Waals surface area (Å²) in [6.07, 6.45) is 5.08. The number of allylic oxidation sites excluding steroid dienone is 1. The van der Waals surface area contributed by atoms with Crippen LogP contribution in [0.4, 0.5) is 0 Å². The van der Waals surface area contributed by atoms with Crippen LogP contribution in [0.5, 0.6) is 0 Å². The Morgan fingerprint density at radius 3 is 2.20 bits per heavy atom. The number of carbonyl (C=O) groups is 2. The van der Waals surface area contributed by atoms with Crippen LogP contribution in [0, 0.1) is 17.8 Å². The lowest BCUT2D eigenvalue weighted by Crippen LogP contribution is -2.35. The zero-order valence-electron chi connectivity index (χ0n) is 12.2. The number of carbonyl (C=O) groups excluding carboxylic acids is 2. The fourth-order valence-electron chi connectivity index (χ4n) is 1.97. The largest absolute Gasteiger partial charge is 0.468 e. The van der Waals surface area contributed by atoms with Crippen LogP contribution in [-0.2, 0) is 19.1 Å². The molecule has 1 atom stereocenters. The van der Waals surface area contributed by atoms with Crippen LogP contribution in [-0.4, -0.2) is 26.2 Å². The molecule has 0 bridgehead atoms. The lowest BCUT2D eigenvalue weighted by Gasteiger charge is -2.23. The van der Waals surface area contributed by atoms with Crippen molar-refractivity contribution >= 4 is 18.0 Å². The van der Waals surface area contributed by atoms with Crippen LogP contribution in [0.3, 0.4) is 0 Å². The van der Waals surface area contributed by atoms with Crippen molar-refractivity contribution in [2.24, 2.45) is 17.8 Å². The fraction of sp³-hybridized carbons (Fsp3) is 0.467. The van der Waals surface area contributed by atoms with Crippen molar-refractivity contribution < 1.29 is 23.5 Å². The van der Waals surface area contributed by atoms with Crippen LogP contribution in [0.25, 0.3) is 6.08 Å². The maximum absolute atomic E-state index is 11.8. The summed E-state index contributed by atoms with van der Waals surface area (Å²) in [7, 11) is 2.51. The van der Waals surface area contributed by atoms with Crippen LogP contribution < -0.4 is 0 Å². The lowest BCUT2D eigenvalue weighted by atomic mass is 9.83. The minimum absolute atomic E-state index is 0.0596. The molecular weight excluding hydrogens is 260 g/mol. The summed E-state index contributed by atoms with van der Waals surface area (Å²) < 4.78 is 14.6.